The minimum absolute atomic E-state index is 0.0279. The molecule has 0 saturated carbocycles. The summed E-state index contributed by atoms with van der Waals surface area (Å²) in [6.07, 6.45) is 1.79. The molecule has 0 aliphatic heterocycles. The number of rotatable bonds is 7. The first-order valence-electron chi connectivity index (χ1n) is 9.40. The van der Waals surface area contributed by atoms with Crippen molar-refractivity contribution in [1.29, 1.82) is 0 Å². The second-order valence-electron chi connectivity index (χ2n) is 6.86. The maximum atomic E-state index is 12.8. The van der Waals surface area contributed by atoms with Crippen molar-refractivity contribution in [2.45, 2.75) is 37.6 Å². The molecule has 0 aromatic heterocycles. The fraction of sp³-hybridized carbons (Fsp3) is 0.400. The van der Waals surface area contributed by atoms with E-state index in [1.165, 1.54) is 27.6 Å². The zero-order valence-corrected chi connectivity index (χ0v) is 17.1. The van der Waals surface area contributed by atoms with Crippen LogP contribution in [0.2, 0.25) is 0 Å². The summed E-state index contributed by atoms with van der Waals surface area (Å²) < 4.78 is 26.8. The van der Waals surface area contributed by atoms with Gasteiger partial charge in [-0.05, 0) is 36.1 Å². The molecule has 2 aromatic carbocycles. The molecule has 8 heteroatoms. The monoisotopic (exact) mass is 403 g/mol. The fourth-order valence-electron chi connectivity index (χ4n) is 3.93. The summed E-state index contributed by atoms with van der Waals surface area (Å²) in [7, 11) is -1.93. The minimum atomic E-state index is -3.76. The third-order valence-corrected chi connectivity index (χ3v) is 7.48. The van der Waals surface area contributed by atoms with Crippen molar-refractivity contribution in [3.63, 3.8) is 0 Å². The highest BCUT2D eigenvalue weighted by Crippen LogP contribution is 2.41. The first-order valence-corrected chi connectivity index (χ1v) is 10.8. The molecule has 28 heavy (non-hydrogen) atoms. The molecule has 1 aliphatic carbocycles. The van der Waals surface area contributed by atoms with Crippen LogP contribution in [-0.2, 0) is 16.4 Å². The number of benzene rings is 2. The van der Waals surface area contributed by atoms with Crippen molar-refractivity contribution in [2.75, 3.05) is 25.0 Å². The summed E-state index contributed by atoms with van der Waals surface area (Å²) in [5.41, 5.74) is 2.65. The van der Waals surface area contributed by atoms with Crippen LogP contribution in [0.15, 0.2) is 47.4 Å². The molecule has 1 atom stereocenters. The molecule has 7 nitrogen and oxygen atoms in total. The number of aryl methyl sites for hydroxylation is 1. The normalized spacial score (nSPS) is 16.2. The van der Waals surface area contributed by atoms with Gasteiger partial charge in [0.1, 0.15) is 5.69 Å². The standard InChI is InChI=1S/C20H25N3O4S/c1-4-22(5-2)28(26,27)16-11-13-19(20(14-16)23(24)25)21(3)18-12-10-15-8-6-7-9-17(15)18/h6-9,11,13-14,18H,4-5,10,12H2,1-3H3. The molecule has 1 unspecified atom stereocenters. The highest BCUT2D eigenvalue weighted by molar-refractivity contribution is 7.89. The van der Waals surface area contributed by atoms with Crippen LogP contribution in [0.4, 0.5) is 11.4 Å². The Morgan fingerprint density at radius 1 is 1.14 bits per heavy atom. The van der Waals surface area contributed by atoms with Gasteiger partial charge in [-0.15, -0.1) is 0 Å². The molecular formula is C20H25N3O4S. The molecular weight excluding hydrogens is 378 g/mol. The van der Waals surface area contributed by atoms with E-state index in [9.17, 15) is 18.5 Å². The van der Waals surface area contributed by atoms with Crippen molar-refractivity contribution in [3.05, 3.63) is 63.7 Å². The van der Waals surface area contributed by atoms with E-state index in [1.807, 2.05) is 24.1 Å². The Kier molecular flexibility index (Phi) is 5.71. The Bertz CT molecular complexity index is 987. The summed E-state index contributed by atoms with van der Waals surface area (Å²) in [6.45, 7) is 4.12. The third kappa shape index (κ3) is 3.49. The lowest BCUT2D eigenvalue weighted by atomic mass is 10.1. The summed E-state index contributed by atoms with van der Waals surface area (Å²) in [6, 6.07) is 12.3. The van der Waals surface area contributed by atoms with Gasteiger partial charge in [-0.2, -0.15) is 4.31 Å². The van der Waals surface area contributed by atoms with Crippen LogP contribution in [0.1, 0.15) is 37.4 Å². The van der Waals surface area contributed by atoms with E-state index in [0.29, 0.717) is 18.8 Å². The van der Waals surface area contributed by atoms with E-state index in [0.717, 1.165) is 12.8 Å². The molecule has 0 amide bonds. The quantitative estimate of drug-likeness (QED) is 0.519. The summed E-state index contributed by atoms with van der Waals surface area (Å²) in [5, 5.41) is 11.7. The molecule has 0 fully saturated rings. The number of nitrogens with zero attached hydrogens (tertiary/aromatic N) is 3. The maximum absolute atomic E-state index is 12.8. The molecule has 0 N–H and O–H groups in total. The van der Waals surface area contributed by atoms with Gasteiger partial charge in [0, 0.05) is 26.2 Å². The number of sulfonamides is 1. The largest absolute Gasteiger partial charge is 0.362 e. The number of nitro groups is 1. The average molecular weight is 404 g/mol. The third-order valence-electron chi connectivity index (χ3n) is 5.44. The van der Waals surface area contributed by atoms with Gasteiger partial charge in [0.2, 0.25) is 10.0 Å². The van der Waals surface area contributed by atoms with E-state index in [1.54, 1.807) is 19.9 Å². The Hall–Kier alpha value is -2.45. The summed E-state index contributed by atoms with van der Waals surface area (Å²) in [4.78, 5) is 13.1. The van der Waals surface area contributed by atoms with Gasteiger partial charge in [-0.3, -0.25) is 10.1 Å². The number of hydrogen-bond donors (Lipinski definition) is 0. The van der Waals surface area contributed by atoms with Crippen LogP contribution in [0.3, 0.4) is 0 Å². The molecule has 3 rings (SSSR count). The predicted octanol–water partition coefficient (Wildman–Crippen LogP) is 3.75. The summed E-state index contributed by atoms with van der Waals surface area (Å²) >= 11 is 0. The van der Waals surface area contributed by atoms with Gasteiger partial charge in [0.15, 0.2) is 0 Å². The topological polar surface area (TPSA) is 83.8 Å². The number of fused-ring (bicyclic) bond motifs is 1. The number of nitro benzene ring substituents is 1. The molecule has 0 radical (unpaired) electrons. The van der Waals surface area contributed by atoms with Gasteiger partial charge in [0.05, 0.1) is 15.9 Å². The molecule has 1 aliphatic rings. The highest BCUT2D eigenvalue weighted by Gasteiger charge is 2.31. The molecule has 0 spiro atoms. The molecule has 0 bridgehead atoms. The lowest BCUT2D eigenvalue weighted by Gasteiger charge is -2.27. The SMILES string of the molecule is CCN(CC)S(=O)(=O)c1ccc(N(C)C2CCc3ccccc32)c([N+](=O)[O-])c1. The molecule has 150 valence electrons. The number of anilines is 1. The van der Waals surface area contributed by atoms with Crippen molar-refractivity contribution in [2.24, 2.45) is 0 Å². The first kappa shape index (κ1) is 20.3. The minimum Gasteiger partial charge on any atom is -0.362 e. The Labute approximate surface area is 165 Å². The van der Waals surface area contributed by atoms with Gasteiger partial charge in [-0.1, -0.05) is 38.1 Å². The number of hydrogen-bond acceptors (Lipinski definition) is 5. The lowest BCUT2D eigenvalue weighted by molar-refractivity contribution is -0.384. The van der Waals surface area contributed by atoms with E-state index in [2.05, 4.69) is 12.1 Å². The zero-order chi connectivity index (χ0) is 20.5. The Morgan fingerprint density at radius 2 is 1.82 bits per heavy atom. The highest BCUT2D eigenvalue weighted by atomic mass is 32.2. The predicted molar refractivity (Wildman–Crippen MR) is 109 cm³/mol. The van der Waals surface area contributed by atoms with E-state index >= 15 is 0 Å². The van der Waals surface area contributed by atoms with Crippen LogP contribution in [-0.4, -0.2) is 37.8 Å². The molecule has 0 saturated heterocycles. The van der Waals surface area contributed by atoms with Crippen molar-refractivity contribution in [1.82, 2.24) is 4.31 Å². The second kappa shape index (κ2) is 7.89. The van der Waals surface area contributed by atoms with Crippen molar-refractivity contribution >= 4 is 21.4 Å². The summed E-state index contributed by atoms with van der Waals surface area (Å²) in [5.74, 6) is 0. The Balaban J connectivity index is 2.02. The van der Waals surface area contributed by atoms with Gasteiger partial charge < -0.3 is 4.90 Å². The van der Waals surface area contributed by atoms with Crippen molar-refractivity contribution < 1.29 is 13.3 Å². The van der Waals surface area contributed by atoms with E-state index < -0.39 is 14.9 Å². The van der Waals surface area contributed by atoms with Gasteiger partial charge in [0.25, 0.3) is 5.69 Å². The van der Waals surface area contributed by atoms with E-state index in [4.69, 9.17) is 0 Å². The van der Waals surface area contributed by atoms with Crippen LogP contribution < -0.4 is 4.90 Å². The molecule has 0 heterocycles. The first-order chi connectivity index (χ1) is 13.3. The van der Waals surface area contributed by atoms with Gasteiger partial charge in [-0.25, -0.2) is 8.42 Å². The fourth-order valence-corrected chi connectivity index (χ4v) is 5.40. The average Bonchev–Trinajstić information content (AvgIpc) is 3.11. The van der Waals surface area contributed by atoms with Crippen LogP contribution in [0, 0.1) is 10.1 Å². The smallest absolute Gasteiger partial charge is 0.293 e. The molecule has 2 aromatic rings. The van der Waals surface area contributed by atoms with Crippen LogP contribution in [0.5, 0.6) is 0 Å². The van der Waals surface area contributed by atoms with E-state index in [-0.39, 0.29) is 16.6 Å². The lowest BCUT2D eigenvalue weighted by Crippen LogP contribution is -2.30. The van der Waals surface area contributed by atoms with Crippen LogP contribution in [0.25, 0.3) is 0 Å². The van der Waals surface area contributed by atoms with Crippen LogP contribution >= 0.6 is 0 Å². The zero-order valence-electron chi connectivity index (χ0n) is 16.3. The maximum Gasteiger partial charge on any atom is 0.293 e. The van der Waals surface area contributed by atoms with Crippen molar-refractivity contribution in [3.8, 4) is 0 Å². The second-order valence-corrected chi connectivity index (χ2v) is 8.80. The Morgan fingerprint density at radius 3 is 2.46 bits per heavy atom. The van der Waals surface area contributed by atoms with Gasteiger partial charge >= 0.3 is 0 Å².